The van der Waals surface area contributed by atoms with Gasteiger partial charge in [-0.15, -0.1) is 11.3 Å². The molecular weight excluding hydrogens is 534 g/mol. The van der Waals surface area contributed by atoms with Crippen molar-refractivity contribution in [2.45, 2.75) is 33.7 Å². The van der Waals surface area contributed by atoms with Gasteiger partial charge >= 0.3 is 11.9 Å². The molecule has 1 atom stereocenters. The molecule has 200 valence electrons. The molecule has 0 N–H and O–H groups in total. The second-order valence-corrected chi connectivity index (χ2v) is 11.0. The van der Waals surface area contributed by atoms with Crippen molar-refractivity contribution in [3.05, 3.63) is 106 Å². The molecule has 1 aromatic carbocycles. The van der Waals surface area contributed by atoms with Crippen LogP contribution in [0.5, 0.6) is 0 Å². The van der Waals surface area contributed by atoms with Crippen LogP contribution in [-0.2, 0) is 14.3 Å². The number of esters is 2. The van der Waals surface area contributed by atoms with Crippen molar-refractivity contribution in [1.29, 1.82) is 0 Å². The highest BCUT2D eigenvalue weighted by atomic mass is 32.1. The minimum absolute atomic E-state index is 0.210. The van der Waals surface area contributed by atoms with Gasteiger partial charge in [0.25, 0.3) is 5.56 Å². The highest BCUT2D eigenvalue weighted by Crippen LogP contribution is 2.33. The van der Waals surface area contributed by atoms with Crippen LogP contribution < -0.4 is 14.9 Å². The summed E-state index contributed by atoms with van der Waals surface area (Å²) in [6.07, 6.45) is 1.88. The van der Waals surface area contributed by atoms with E-state index >= 15 is 0 Å². The molecule has 0 saturated heterocycles. The number of benzene rings is 1. The lowest BCUT2D eigenvalue weighted by atomic mass is 10.0. The van der Waals surface area contributed by atoms with Gasteiger partial charge < -0.3 is 14.0 Å². The Morgan fingerprint density at radius 1 is 1.10 bits per heavy atom. The van der Waals surface area contributed by atoms with Gasteiger partial charge in [-0.3, -0.25) is 9.36 Å². The normalized spacial score (nSPS) is 15.2. The van der Waals surface area contributed by atoms with E-state index in [1.54, 1.807) is 30.5 Å². The van der Waals surface area contributed by atoms with Crippen LogP contribution in [-0.4, -0.2) is 34.8 Å². The number of carbonyl (C=O) groups excluding carboxylic acids is 2. The third-order valence-electron chi connectivity index (χ3n) is 6.63. The summed E-state index contributed by atoms with van der Waals surface area (Å²) in [6.45, 7) is 7.75. The summed E-state index contributed by atoms with van der Waals surface area (Å²) in [5, 5.41) is 1.93. The Hall–Kier alpha value is -4.02. The Kier molecular flexibility index (Phi) is 7.24. The van der Waals surface area contributed by atoms with Crippen LogP contribution >= 0.6 is 22.7 Å². The minimum atomic E-state index is -0.594. The number of aryl methyl sites for hydroxylation is 1. The quantitative estimate of drug-likeness (QED) is 0.331. The van der Waals surface area contributed by atoms with Gasteiger partial charge in [-0.25, -0.2) is 14.6 Å². The molecule has 0 saturated carbocycles. The summed E-state index contributed by atoms with van der Waals surface area (Å²) < 4.78 is 14.3. The van der Waals surface area contributed by atoms with E-state index in [0.29, 0.717) is 26.2 Å². The van der Waals surface area contributed by atoms with Crippen LogP contribution in [0.4, 0.5) is 0 Å². The first-order valence-corrected chi connectivity index (χ1v) is 14.1. The predicted molar refractivity (Wildman–Crippen MR) is 151 cm³/mol. The number of aromatic nitrogens is 2. The van der Waals surface area contributed by atoms with Gasteiger partial charge in [0.15, 0.2) is 4.80 Å². The van der Waals surface area contributed by atoms with E-state index in [4.69, 9.17) is 9.47 Å². The van der Waals surface area contributed by atoms with Gasteiger partial charge in [-0.1, -0.05) is 17.4 Å². The summed E-state index contributed by atoms with van der Waals surface area (Å²) in [6, 6.07) is 12.4. The highest BCUT2D eigenvalue weighted by molar-refractivity contribution is 7.10. The molecule has 0 unspecified atom stereocenters. The molecular formula is C29H27N3O5S2. The third-order valence-corrected chi connectivity index (χ3v) is 8.54. The molecule has 0 fully saturated rings. The largest absolute Gasteiger partial charge is 0.465 e. The zero-order chi connectivity index (χ0) is 27.8. The number of methoxy groups -OCH3 is 1. The summed E-state index contributed by atoms with van der Waals surface area (Å²) in [7, 11) is 1.36. The first kappa shape index (κ1) is 26.6. The number of hydrogen-bond donors (Lipinski definition) is 0. The topological polar surface area (TPSA) is 91.9 Å². The number of thiazole rings is 1. The van der Waals surface area contributed by atoms with Crippen LogP contribution in [0, 0.1) is 13.8 Å². The Morgan fingerprint density at radius 2 is 1.85 bits per heavy atom. The van der Waals surface area contributed by atoms with E-state index in [2.05, 4.69) is 9.56 Å². The van der Waals surface area contributed by atoms with Crippen LogP contribution in [0.1, 0.15) is 52.1 Å². The zero-order valence-electron chi connectivity index (χ0n) is 22.2. The SMILES string of the molecule is CCOC(=O)C1=C(C)N=c2s/c(=C/c3cc(C)n(-c4ccc(C(=O)OC)cc4)c3C)c(=O)n2[C@@H]1c1cccs1. The number of ether oxygens (including phenoxy) is 2. The monoisotopic (exact) mass is 561 g/mol. The number of rotatable bonds is 6. The molecule has 0 bridgehead atoms. The summed E-state index contributed by atoms with van der Waals surface area (Å²) in [4.78, 5) is 44.6. The zero-order valence-corrected chi connectivity index (χ0v) is 23.8. The fourth-order valence-electron chi connectivity index (χ4n) is 4.84. The van der Waals surface area contributed by atoms with E-state index in [9.17, 15) is 14.4 Å². The molecule has 10 heteroatoms. The fourth-order valence-corrected chi connectivity index (χ4v) is 6.71. The van der Waals surface area contributed by atoms with Gasteiger partial charge in [0, 0.05) is 22.0 Å². The molecule has 1 aliphatic heterocycles. The number of nitrogens with zero attached hydrogens (tertiary/aromatic N) is 3. The standard InChI is InChI=1S/C29H27N3O5S2/c1-6-37-28(35)24-17(3)30-29-32(25(24)22-8-7-13-38-22)26(33)23(39-29)15-20-14-16(2)31(18(20)4)21-11-9-19(10-12-21)27(34)36-5/h7-15,25H,6H2,1-5H3/b23-15+/t25-/m1/s1. The number of carbonyl (C=O) groups is 2. The van der Waals surface area contributed by atoms with Crippen LogP contribution in [0.15, 0.2) is 68.9 Å². The smallest absolute Gasteiger partial charge is 0.338 e. The molecule has 4 heterocycles. The number of thiophene rings is 1. The highest BCUT2D eigenvalue weighted by Gasteiger charge is 2.33. The Bertz CT molecular complexity index is 1790. The Balaban J connectivity index is 1.62. The molecule has 8 nitrogen and oxygen atoms in total. The Morgan fingerprint density at radius 3 is 2.49 bits per heavy atom. The van der Waals surface area contributed by atoms with Crippen LogP contribution in [0.3, 0.4) is 0 Å². The summed E-state index contributed by atoms with van der Waals surface area (Å²) >= 11 is 2.79. The molecule has 4 aromatic rings. The molecule has 0 radical (unpaired) electrons. The van der Waals surface area contributed by atoms with Gasteiger partial charge in [0.05, 0.1) is 35.1 Å². The van der Waals surface area contributed by atoms with Gasteiger partial charge in [-0.2, -0.15) is 0 Å². The summed E-state index contributed by atoms with van der Waals surface area (Å²) in [5.41, 5.74) is 4.91. The van der Waals surface area contributed by atoms with Crippen molar-refractivity contribution in [3.63, 3.8) is 0 Å². The van der Waals surface area contributed by atoms with Gasteiger partial charge in [-0.05, 0) is 81.1 Å². The van der Waals surface area contributed by atoms with Gasteiger partial charge in [0.2, 0.25) is 0 Å². The van der Waals surface area contributed by atoms with E-state index in [-0.39, 0.29) is 18.1 Å². The first-order valence-electron chi connectivity index (χ1n) is 12.4. The average Bonchev–Trinajstić information content (AvgIpc) is 3.62. The maximum atomic E-state index is 13.8. The second kappa shape index (κ2) is 10.6. The lowest BCUT2D eigenvalue weighted by Crippen LogP contribution is -2.39. The van der Waals surface area contributed by atoms with E-state index in [1.165, 1.54) is 29.8 Å². The summed E-state index contributed by atoms with van der Waals surface area (Å²) in [5.74, 6) is -0.853. The van der Waals surface area contributed by atoms with Crippen LogP contribution in [0.2, 0.25) is 0 Å². The molecule has 0 spiro atoms. The minimum Gasteiger partial charge on any atom is -0.465 e. The maximum absolute atomic E-state index is 13.8. The van der Waals surface area contributed by atoms with E-state index in [0.717, 1.165) is 27.5 Å². The first-order chi connectivity index (χ1) is 18.7. The van der Waals surface area contributed by atoms with Gasteiger partial charge in [0.1, 0.15) is 6.04 Å². The van der Waals surface area contributed by atoms with Crippen molar-refractivity contribution < 1.29 is 19.1 Å². The lowest BCUT2D eigenvalue weighted by molar-refractivity contribution is -0.139. The molecule has 3 aromatic heterocycles. The van der Waals surface area contributed by atoms with Crippen molar-refractivity contribution >= 4 is 40.7 Å². The van der Waals surface area contributed by atoms with Crippen molar-refractivity contribution in [3.8, 4) is 5.69 Å². The van der Waals surface area contributed by atoms with Crippen molar-refractivity contribution in [2.24, 2.45) is 4.99 Å². The molecule has 39 heavy (non-hydrogen) atoms. The molecule has 0 amide bonds. The maximum Gasteiger partial charge on any atom is 0.338 e. The predicted octanol–water partition coefficient (Wildman–Crippen LogP) is 4.05. The number of allylic oxidation sites excluding steroid dienone is 1. The number of fused-ring (bicyclic) bond motifs is 1. The van der Waals surface area contributed by atoms with E-state index in [1.807, 2.05) is 55.6 Å². The number of hydrogen-bond acceptors (Lipinski definition) is 8. The van der Waals surface area contributed by atoms with Crippen LogP contribution in [0.25, 0.3) is 11.8 Å². The third kappa shape index (κ3) is 4.70. The lowest BCUT2D eigenvalue weighted by Gasteiger charge is -2.23. The molecule has 5 rings (SSSR count). The fraction of sp³-hybridized carbons (Fsp3) is 0.241. The average molecular weight is 562 g/mol. The van der Waals surface area contributed by atoms with Crippen molar-refractivity contribution in [1.82, 2.24) is 9.13 Å². The van der Waals surface area contributed by atoms with Crippen molar-refractivity contribution in [2.75, 3.05) is 13.7 Å². The van der Waals surface area contributed by atoms with E-state index < -0.39 is 12.0 Å². The molecule has 1 aliphatic rings. The Labute approximate surface area is 232 Å². The molecule has 0 aliphatic carbocycles. The second-order valence-electron chi connectivity index (χ2n) is 9.02.